The molecular weight excluding hydrogens is 378 g/mol. The topological polar surface area (TPSA) is 103 Å². The molecule has 0 spiro atoms. The third kappa shape index (κ3) is 4.97. The van der Waals surface area contributed by atoms with Crippen LogP contribution in [-0.4, -0.2) is 58.9 Å². The van der Waals surface area contributed by atoms with Crippen molar-refractivity contribution in [2.45, 2.75) is 29.9 Å². The highest BCUT2D eigenvalue weighted by Crippen LogP contribution is 2.45. The van der Waals surface area contributed by atoms with E-state index in [-0.39, 0.29) is 41.6 Å². The number of hydrogen-bond donors (Lipinski definition) is 2. The average molecular weight is 404 g/mol. The SMILES string of the molecule is N#CC1C(NC(=O)CCc2ccccc2)SC2CN(C(=O)OCCO)CCC21. The second-order valence-corrected chi connectivity index (χ2v) is 8.43. The molecule has 4 atom stereocenters. The van der Waals surface area contributed by atoms with Crippen LogP contribution in [-0.2, 0) is 16.0 Å². The predicted octanol–water partition coefficient (Wildman–Crippen LogP) is 1.77. The Kier molecular flexibility index (Phi) is 7.18. The first-order valence-electron chi connectivity index (χ1n) is 9.53. The van der Waals surface area contributed by atoms with E-state index < -0.39 is 6.09 Å². The lowest BCUT2D eigenvalue weighted by atomic mass is 9.85. The number of carbonyl (C=O) groups is 2. The summed E-state index contributed by atoms with van der Waals surface area (Å²) in [6, 6.07) is 12.2. The van der Waals surface area contributed by atoms with Gasteiger partial charge >= 0.3 is 6.09 Å². The van der Waals surface area contributed by atoms with Crippen LogP contribution in [0.25, 0.3) is 0 Å². The molecule has 0 aliphatic carbocycles. The van der Waals surface area contributed by atoms with Gasteiger partial charge in [0, 0.05) is 24.8 Å². The second-order valence-electron chi connectivity index (χ2n) is 7.04. The van der Waals surface area contributed by atoms with Crippen molar-refractivity contribution < 1.29 is 19.4 Å². The number of piperidine rings is 1. The largest absolute Gasteiger partial charge is 0.447 e. The minimum absolute atomic E-state index is 0.0164. The van der Waals surface area contributed by atoms with Crippen LogP contribution in [0.2, 0.25) is 0 Å². The number of fused-ring (bicyclic) bond motifs is 1. The van der Waals surface area contributed by atoms with Crippen molar-refractivity contribution in [2.24, 2.45) is 11.8 Å². The number of amides is 2. The Morgan fingerprint density at radius 1 is 1.36 bits per heavy atom. The Labute approximate surface area is 169 Å². The minimum atomic E-state index is -0.433. The standard InChI is InChI=1S/C20H25N3O4S/c21-12-16-15-8-9-23(20(26)27-11-10-24)13-17(15)28-19(16)22-18(25)7-6-14-4-2-1-3-5-14/h1-5,15-17,19,24H,6-11,13H2,(H,22,25). The quantitative estimate of drug-likeness (QED) is 0.750. The van der Waals surface area contributed by atoms with Crippen LogP contribution in [0, 0.1) is 23.2 Å². The second kappa shape index (κ2) is 9.80. The summed E-state index contributed by atoms with van der Waals surface area (Å²) in [7, 11) is 0. The number of rotatable bonds is 6. The molecule has 3 rings (SSSR count). The fourth-order valence-electron chi connectivity index (χ4n) is 3.80. The number of likely N-dealkylation sites (tertiary alicyclic amines) is 1. The van der Waals surface area contributed by atoms with Gasteiger partial charge in [-0.1, -0.05) is 30.3 Å². The number of carbonyl (C=O) groups excluding carboxylic acids is 2. The van der Waals surface area contributed by atoms with Crippen LogP contribution >= 0.6 is 11.8 Å². The first kappa shape index (κ1) is 20.5. The number of aryl methyl sites for hydroxylation is 1. The van der Waals surface area contributed by atoms with Gasteiger partial charge in [-0.15, -0.1) is 11.8 Å². The maximum absolute atomic E-state index is 12.4. The van der Waals surface area contributed by atoms with E-state index in [4.69, 9.17) is 9.84 Å². The molecule has 2 heterocycles. The number of hydrogen-bond acceptors (Lipinski definition) is 6. The van der Waals surface area contributed by atoms with E-state index >= 15 is 0 Å². The lowest BCUT2D eigenvalue weighted by Crippen LogP contribution is -2.45. The first-order valence-corrected chi connectivity index (χ1v) is 10.5. The Hall–Kier alpha value is -2.24. The highest BCUT2D eigenvalue weighted by Gasteiger charge is 2.48. The number of ether oxygens (including phenoxy) is 1. The third-order valence-corrected chi connectivity index (χ3v) is 6.78. The highest BCUT2D eigenvalue weighted by molar-refractivity contribution is 8.00. The van der Waals surface area contributed by atoms with Gasteiger partial charge in [0.25, 0.3) is 0 Å². The van der Waals surface area contributed by atoms with E-state index in [0.29, 0.717) is 32.4 Å². The number of benzene rings is 1. The highest BCUT2D eigenvalue weighted by atomic mass is 32.2. The van der Waals surface area contributed by atoms with Gasteiger partial charge in [0.1, 0.15) is 6.61 Å². The predicted molar refractivity (Wildman–Crippen MR) is 105 cm³/mol. The molecule has 2 aliphatic rings. The molecule has 0 saturated carbocycles. The number of aliphatic hydroxyl groups is 1. The maximum atomic E-state index is 12.4. The van der Waals surface area contributed by atoms with E-state index in [1.54, 1.807) is 16.7 Å². The lowest BCUT2D eigenvalue weighted by molar-refractivity contribution is -0.121. The van der Waals surface area contributed by atoms with Gasteiger partial charge in [-0.25, -0.2) is 4.79 Å². The summed E-state index contributed by atoms with van der Waals surface area (Å²) in [4.78, 5) is 26.0. The molecular formula is C20H25N3O4S. The van der Waals surface area contributed by atoms with Gasteiger partial charge in [-0.05, 0) is 24.3 Å². The van der Waals surface area contributed by atoms with Crippen LogP contribution in [0.3, 0.4) is 0 Å². The van der Waals surface area contributed by atoms with Crippen LogP contribution in [0.15, 0.2) is 30.3 Å². The first-order chi connectivity index (χ1) is 13.6. The van der Waals surface area contributed by atoms with Crippen LogP contribution in [0.1, 0.15) is 18.4 Å². The summed E-state index contributed by atoms with van der Waals surface area (Å²) in [5, 5.41) is 21.3. The fraction of sp³-hybridized carbons (Fsp3) is 0.550. The molecule has 8 heteroatoms. The van der Waals surface area contributed by atoms with Crippen molar-refractivity contribution in [3.05, 3.63) is 35.9 Å². The number of aliphatic hydroxyl groups excluding tert-OH is 1. The molecule has 2 aliphatic heterocycles. The van der Waals surface area contributed by atoms with Crippen molar-refractivity contribution >= 4 is 23.8 Å². The summed E-state index contributed by atoms with van der Waals surface area (Å²) in [5.41, 5.74) is 1.11. The normalized spacial score (nSPS) is 26.2. The van der Waals surface area contributed by atoms with Gasteiger partial charge < -0.3 is 20.1 Å². The number of nitriles is 1. The summed E-state index contributed by atoms with van der Waals surface area (Å²) >= 11 is 1.57. The molecule has 0 aromatic heterocycles. The third-order valence-electron chi connectivity index (χ3n) is 5.23. The summed E-state index contributed by atoms with van der Waals surface area (Å²) < 4.78 is 4.99. The molecule has 2 N–H and O–H groups in total. The van der Waals surface area contributed by atoms with Gasteiger partial charge in [0.2, 0.25) is 5.91 Å². The van der Waals surface area contributed by atoms with E-state index in [2.05, 4.69) is 11.4 Å². The van der Waals surface area contributed by atoms with Crippen LogP contribution in [0.4, 0.5) is 4.79 Å². The van der Waals surface area contributed by atoms with E-state index in [0.717, 1.165) is 5.56 Å². The monoisotopic (exact) mass is 403 g/mol. The molecule has 28 heavy (non-hydrogen) atoms. The Morgan fingerprint density at radius 2 is 2.14 bits per heavy atom. The summed E-state index contributed by atoms with van der Waals surface area (Å²) in [6.07, 6.45) is 1.32. The van der Waals surface area contributed by atoms with Gasteiger partial charge in [0.15, 0.2) is 0 Å². The van der Waals surface area contributed by atoms with Crippen molar-refractivity contribution in [3.8, 4) is 6.07 Å². The van der Waals surface area contributed by atoms with Crippen molar-refractivity contribution in [3.63, 3.8) is 0 Å². The van der Waals surface area contributed by atoms with Crippen LogP contribution < -0.4 is 5.32 Å². The van der Waals surface area contributed by atoms with Crippen molar-refractivity contribution in [1.82, 2.24) is 10.2 Å². The van der Waals surface area contributed by atoms with Crippen molar-refractivity contribution in [1.29, 1.82) is 5.26 Å². The van der Waals surface area contributed by atoms with Crippen LogP contribution in [0.5, 0.6) is 0 Å². The zero-order chi connectivity index (χ0) is 19.9. The fourth-order valence-corrected chi connectivity index (χ4v) is 5.58. The molecule has 1 aromatic carbocycles. The molecule has 1 aromatic rings. The number of nitrogens with zero attached hydrogens (tertiary/aromatic N) is 2. The molecule has 4 unspecified atom stereocenters. The average Bonchev–Trinajstić information content (AvgIpc) is 3.07. The molecule has 0 radical (unpaired) electrons. The lowest BCUT2D eigenvalue weighted by Gasteiger charge is -2.34. The number of thioether (sulfide) groups is 1. The molecule has 2 fully saturated rings. The zero-order valence-electron chi connectivity index (χ0n) is 15.6. The molecule has 2 amide bonds. The maximum Gasteiger partial charge on any atom is 0.409 e. The summed E-state index contributed by atoms with van der Waals surface area (Å²) in [6.45, 7) is 0.804. The van der Waals surface area contributed by atoms with E-state index in [1.807, 2.05) is 30.3 Å². The van der Waals surface area contributed by atoms with E-state index in [9.17, 15) is 14.9 Å². The number of nitrogens with one attached hydrogen (secondary N) is 1. The van der Waals surface area contributed by atoms with Gasteiger partial charge in [0.05, 0.1) is 24.0 Å². The molecule has 7 nitrogen and oxygen atoms in total. The minimum Gasteiger partial charge on any atom is -0.447 e. The Balaban J connectivity index is 1.53. The Bertz CT molecular complexity index is 724. The van der Waals surface area contributed by atoms with Crippen molar-refractivity contribution in [2.75, 3.05) is 26.3 Å². The van der Waals surface area contributed by atoms with Gasteiger partial charge in [-0.3, -0.25) is 4.79 Å². The Morgan fingerprint density at radius 3 is 2.86 bits per heavy atom. The zero-order valence-corrected chi connectivity index (χ0v) is 16.4. The molecule has 150 valence electrons. The van der Waals surface area contributed by atoms with Gasteiger partial charge in [-0.2, -0.15) is 5.26 Å². The molecule has 2 saturated heterocycles. The molecule has 0 bridgehead atoms. The summed E-state index contributed by atoms with van der Waals surface area (Å²) in [5.74, 6) is -0.165. The smallest absolute Gasteiger partial charge is 0.409 e. The van der Waals surface area contributed by atoms with E-state index in [1.165, 1.54) is 0 Å².